The summed E-state index contributed by atoms with van der Waals surface area (Å²) in [6.45, 7) is 12.5. The Hall–Kier alpha value is -0.980. The average Bonchev–Trinajstić information content (AvgIpc) is 2.35. The third kappa shape index (κ3) is 5.12. The largest absolute Gasteiger partial charge is 0.385 e. The summed E-state index contributed by atoms with van der Waals surface area (Å²) < 4.78 is 0. The molecule has 0 bridgehead atoms. The first-order valence-corrected chi connectivity index (χ1v) is 7.36. The van der Waals surface area contributed by atoms with Gasteiger partial charge in [-0.15, -0.1) is 0 Å². The first-order valence-electron chi connectivity index (χ1n) is 7.36. The molecule has 0 spiro atoms. The maximum Gasteiger partial charge on any atom is 0.0340 e. The molecule has 1 aromatic rings. The number of hydrogen-bond donors (Lipinski definition) is 1. The molecule has 0 fully saturated rings. The molecule has 0 radical (unpaired) electrons. The van der Waals surface area contributed by atoms with Gasteiger partial charge in [0.25, 0.3) is 0 Å². The molecule has 1 heteroatoms. The predicted octanol–water partition coefficient (Wildman–Crippen LogP) is 5.29. The second-order valence-electron chi connectivity index (χ2n) is 6.05. The summed E-state index contributed by atoms with van der Waals surface area (Å²) >= 11 is 0. The molecular weight excluding hydrogens is 218 g/mol. The van der Waals surface area contributed by atoms with Gasteiger partial charge in [-0.2, -0.15) is 0 Å². The minimum atomic E-state index is 0.666. The molecule has 0 heterocycles. The lowest BCUT2D eigenvalue weighted by Crippen LogP contribution is -2.13. The Morgan fingerprint density at radius 1 is 1.00 bits per heavy atom. The summed E-state index contributed by atoms with van der Waals surface area (Å²) in [4.78, 5) is 0. The Balaban J connectivity index is 2.44. The number of nitrogens with one attached hydrogen (secondary N) is 1. The zero-order valence-electron chi connectivity index (χ0n) is 12.7. The lowest BCUT2D eigenvalue weighted by Gasteiger charge is -2.16. The lowest BCUT2D eigenvalue weighted by molar-refractivity contribution is 0.455. The molecule has 1 nitrogen and oxygen atoms in total. The number of benzene rings is 1. The molecule has 18 heavy (non-hydrogen) atoms. The van der Waals surface area contributed by atoms with Gasteiger partial charge in [0, 0.05) is 12.2 Å². The Morgan fingerprint density at radius 3 is 2.11 bits per heavy atom. The normalized spacial score (nSPS) is 14.6. The van der Waals surface area contributed by atoms with Gasteiger partial charge in [-0.3, -0.25) is 0 Å². The average molecular weight is 247 g/mol. The summed E-state index contributed by atoms with van der Waals surface area (Å²) in [5.74, 6) is 2.19. The quantitative estimate of drug-likeness (QED) is 0.690. The molecule has 0 aliphatic carbocycles. The van der Waals surface area contributed by atoms with Crippen molar-refractivity contribution in [2.75, 3.05) is 11.9 Å². The molecule has 0 amide bonds. The van der Waals surface area contributed by atoms with E-state index in [1.54, 1.807) is 0 Å². The monoisotopic (exact) mass is 247 g/mol. The smallest absolute Gasteiger partial charge is 0.0340 e. The molecular formula is C17H29N. The van der Waals surface area contributed by atoms with E-state index in [4.69, 9.17) is 0 Å². The van der Waals surface area contributed by atoms with Gasteiger partial charge in [-0.25, -0.2) is 0 Å². The first kappa shape index (κ1) is 15.1. The highest BCUT2D eigenvalue weighted by atomic mass is 14.9. The van der Waals surface area contributed by atoms with Crippen LogP contribution in [0.15, 0.2) is 24.3 Å². The maximum absolute atomic E-state index is 3.53. The SMILES string of the molecule is CCC(C)c1ccc(NCC(C)CC(C)C)cc1. The van der Waals surface area contributed by atoms with E-state index in [9.17, 15) is 0 Å². The van der Waals surface area contributed by atoms with Crippen LogP contribution in [-0.4, -0.2) is 6.54 Å². The van der Waals surface area contributed by atoms with E-state index >= 15 is 0 Å². The summed E-state index contributed by atoms with van der Waals surface area (Å²) in [5, 5.41) is 3.53. The fourth-order valence-electron chi connectivity index (χ4n) is 2.35. The number of hydrogen-bond acceptors (Lipinski definition) is 1. The Bertz CT molecular complexity index is 326. The van der Waals surface area contributed by atoms with E-state index < -0.39 is 0 Å². The molecule has 2 unspecified atom stereocenters. The van der Waals surface area contributed by atoms with Crippen molar-refractivity contribution in [2.24, 2.45) is 11.8 Å². The van der Waals surface area contributed by atoms with Gasteiger partial charge < -0.3 is 5.32 Å². The molecule has 1 rings (SSSR count). The minimum Gasteiger partial charge on any atom is -0.385 e. The van der Waals surface area contributed by atoms with Crippen molar-refractivity contribution in [1.29, 1.82) is 0 Å². The summed E-state index contributed by atoms with van der Waals surface area (Å²) in [6, 6.07) is 8.93. The molecule has 0 aromatic heterocycles. The molecule has 2 atom stereocenters. The van der Waals surface area contributed by atoms with Crippen LogP contribution in [0.5, 0.6) is 0 Å². The standard InChI is InChI=1S/C17H29N/c1-6-15(5)16-7-9-17(10-8-16)18-12-14(4)11-13(2)3/h7-10,13-15,18H,6,11-12H2,1-5H3. The predicted molar refractivity (Wildman–Crippen MR) is 82.3 cm³/mol. The first-order chi connectivity index (χ1) is 8.52. The highest BCUT2D eigenvalue weighted by Gasteiger charge is 2.05. The van der Waals surface area contributed by atoms with Crippen LogP contribution in [0.2, 0.25) is 0 Å². The molecule has 1 aromatic carbocycles. The molecule has 102 valence electrons. The molecule has 1 N–H and O–H groups in total. The van der Waals surface area contributed by atoms with Crippen LogP contribution in [0.1, 0.15) is 58.9 Å². The van der Waals surface area contributed by atoms with E-state index in [-0.39, 0.29) is 0 Å². The van der Waals surface area contributed by atoms with Crippen molar-refractivity contribution in [3.05, 3.63) is 29.8 Å². The van der Waals surface area contributed by atoms with Gasteiger partial charge in [0.1, 0.15) is 0 Å². The van der Waals surface area contributed by atoms with Crippen LogP contribution >= 0.6 is 0 Å². The molecule has 0 saturated carbocycles. The van der Waals surface area contributed by atoms with Crippen molar-refractivity contribution in [3.63, 3.8) is 0 Å². The van der Waals surface area contributed by atoms with Crippen LogP contribution in [-0.2, 0) is 0 Å². The van der Waals surface area contributed by atoms with Gasteiger partial charge >= 0.3 is 0 Å². The van der Waals surface area contributed by atoms with Gasteiger partial charge in [0.15, 0.2) is 0 Å². The number of anilines is 1. The molecule has 0 aliphatic heterocycles. The zero-order valence-corrected chi connectivity index (χ0v) is 12.7. The highest BCUT2D eigenvalue weighted by Crippen LogP contribution is 2.21. The minimum absolute atomic E-state index is 0.666. The second kappa shape index (κ2) is 7.45. The fraction of sp³-hybridized carbons (Fsp3) is 0.647. The molecule has 0 aliphatic rings. The third-order valence-electron chi connectivity index (χ3n) is 3.62. The van der Waals surface area contributed by atoms with Crippen LogP contribution < -0.4 is 5.32 Å². The van der Waals surface area contributed by atoms with Crippen LogP contribution in [0.4, 0.5) is 5.69 Å². The van der Waals surface area contributed by atoms with Crippen LogP contribution in [0, 0.1) is 11.8 Å². The van der Waals surface area contributed by atoms with Gasteiger partial charge in [-0.05, 0) is 48.3 Å². The van der Waals surface area contributed by atoms with Crippen molar-refractivity contribution < 1.29 is 0 Å². The third-order valence-corrected chi connectivity index (χ3v) is 3.62. The highest BCUT2D eigenvalue weighted by molar-refractivity contribution is 5.45. The zero-order chi connectivity index (χ0) is 13.5. The van der Waals surface area contributed by atoms with E-state index in [0.29, 0.717) is 5.92 Å². The summed E-state index contributed by atoms with van der Waals surface area (Å²) in [5.41, 5.74) is 2.69. The fourth-order valence-corrected chi connectivity index (χ4v) is 2.35. The van der Waals surface area contributed by atoms with Crippen molar-refractivity contribution in [3.8, 4) is 0 Å². The van der Waals surface area contributed by atoms with Gasteiger partial charge in [0.2, 0.25) is 0 Å². The maximum atomic E-state index is 3.53. The van der Waals surface area contributed by atoms with Crippen molar-refractivity contribution >= 4 is 5.69 Å². The Labute approximate surface area is 113 Å². The summed E-state index contributed by atoms with van der Waals surface area (Å²) in [6.07, 6.45) is 2.50. The number of rotatable bonds is 7. The topological polar surface area (TPSA) is 12.0 Å². The Morgan fingerprint density at radius 2 is 1.61 bits per heavy atom. The van der Waals surface area contributed by atoms with E-state index in [1.165, 1.54) is 24.1 Å². The lowest BCUT2D eigenvalue weighted by atomic mass is 9.98. The van der Waals surface area contributed by atoms with E-state index in [0.717, 1.165) is 18.4 Å². The second-order valence-corrected chi connectivity index (χ2v) is 6.05. The van der Waals surface area contributed by atoms with E-state index in [1.807, 2.05) is 0 Å². The summed E-state index contributed by atoms with van der Waals surface area (Å²) in [7, 11) is 0. The van der Waals surface area contributed by atoms with Crippen LogP contribution in [0.25, 0.3) is 0 Å². The van der Waals surface area contributed by atoms with Gasteiger partial charge in [0.05, 0.1) is 0 Å². The van der Waals surface area contributed by atoms with Crippen molar-refractivity contribution in [2.45, 2.75) is 53.4 Å². The van der Waals surface area contributed by atoms with Gasteiger partial charge in [-0.1, -0.05) is 46.8 Å². The van der Waals surface area contributed by atoms with Crippen LogP contribution in [0.3, 0.4) is 0 Å². The van der Waals surface area contributed by atoms with Crippen molar-refractivity contribution in [1.82, 2.24) is 0 Å². The Kier molecular flexibility index (Phi) is 6.24. The molecule has 0 saturated heterocycles. The van der Waals surface area contributed by atoms with E-state index in [2.05, 4.69) is 64.2 Å².